The van der Waals surface area contributed by atoms with E-state index in [-0.39, 0.29) is 32.1 Å². The molecule has 112 valence electrons. The van der Waals surface area contributed by atoms with E-state index in [2.05, 4.69) is 16.0 Å². The number of carboxylic acid groups (broad SMARTS) is 1. The lowest BCUT2D eigenvalue weighted by molar-refractivity contribution is -0.142. The zero-order chi connectivity index (χ0) is 14.5. The SMILES string of the molecule is O=C(CCNC(=O)NC1COCC1C(=O)O)NC1CC1. The molecule has 2 fully saturated rings. The average Bonchev–Trinajstić information content (AvgIpc) is 3.05. The number of amides is 3. The van der Waals surface area contributed by atoms with Crippen LogP contribution in [0, 0.1) is 5.92 Å². The van der Waals surface area contributed by atoms with Crippen LogP contribution in [0.4, 0.5) is 4.79 Å². The summed E-state index contributed by atoms with van der Waals surface area (Å²) in [6.45, 7) is 0.506. The summed E-state index contributed by atoms with van der Waals surface area (Å²) in [6, 6.07) is -0.706. The maximum atomic E-state index is 11.6. The van der Waals surface area contributed by atoms with E-state index in [1.54, 1.807) is 0 Å². The first-order valence-electron chi connectivity index (χ1n) is 6.70. The van der Waals surface area contributed by atoms with E-state index in [1.165, 1.54) is 0 Å². The molecule has 0 aromatic rings. The van der Waals surface area contributed by atoms with Crippen LogP contribution in [0.5, 0.6) is 0 Å². The summed E-state index contributed by atoms with van der Waals surface area (Å²) in [5.41, 5.74) is 0. The average molecular weight is 285 g/mol. The Morgan fingerprint density at radius 3 is 2.55 bits per heavy atom. The lowest BCUT2D eigenvalue weighted by Crippen LogP contribution is -2.47. The van der Waals surface area contributed by atoms with Crippen molar-refractivity contribution < 1.29 is 24.2 Å². The molecule has 4 N–H and O–H groups in total. The van der Waals surface area contributed by atoms with Gasteiger partial charge in [0.05, 0.1) is 19.3 Å². The summed E-state index contributed by atoms with van der Waals surface area (Å²) < 4.78 is 5.04. The number of ether oxygens (including phenoxy) is 1. The molecule has 1 aliphatic heterocycles. The maximum absolute atomic E-state index is 11.6. The van der Waals surface area contributed by atoms with Gasteiger partial charge in [0.15, 0.2) is 0 Å². The predicted octanol–water partition coefficient (Wildman–Crippen LogP) is -0.946. The van der Waals surface area contributed by atoms with E-state index in [0.717, 1.165) is 12.8 Å². The number of hydrogen-bond acceptors (Lipinski definition) is 4. The number of urea groups is 1. The second-order valence-corrected chi connectivity index (χ2v) is 5.08. The van der Waals surface area contributed by atoms with Crippen LogP contribution in [0.2, 0.25) is 0 Å². The van der Waals surface area contributed by atoms with E-state index >= 15 is 0 Å². The van der Waals surface area contributed by atoms with Crippen molar-refractivity contribution in [2.24, 2.45) is 5.92 Å². The minimum Gasteiger partial charge on any atom is -0.481 e. The van der Waals surface area contributed by atoms with Gasteiger partial charge in [0.25, 0.3) is 0 Å². The van der Waals surface area contributed by atoms with Crippen LogP contribution in [-0.4, -0.2) is 54.9 Å². The molecule has 2 aliphatic rings. The van der Waals surface area contributed by atoms with Crippen LogP contribution < -0.4 is 16.0 Å². The third-order valence-corrected chi connectivity index (χ3v) is 3.29. The second-order valence-electron chi connectivity index (χ2n) is 5.08. The van der Waals surface area contributed by atoms with Crippen LogP contribution in [0.3, 0.4) is 0 Å². The highest BCUT2D eigenvalue weighted by atomic mass is 16.5. The molecule has 0 aromatic heterocycles. The zero-order valence-electron chi connectivity index (χ0n) is 11.1. The van der Waals surface area contributed by atoms with Crippen molar-refractivity contribution in [3.63, 3.8) is 0 Å². The Balaban J connectivity index is 1.62. The Hall–Kier alpha value is -1.83. The van der Waals surface area contributed by atoms with E-state index in [1.807, 2.05) is 0 Å². The van der Waals surface area contributed by atoms with Gasteiger partial charge in [0, 0.05) is 19.0 Å². The maximum Gasteiger partial charge on any atom is 0.315 e. The largest absolute Gasteiger partial charge is 0.481 e. The molecule has 1 saturated carbocycles. The van der Waals surface area contributed by atoms with Crippen molar-refractivity contribution in [1.29, 1.82) is 0 Å². The highest BCUT2D eigenvalue weighted by Gasteiger charge is 2.35. The summed E-state index contributed by atoms with van der Waals surface area (Å²) in [4.78, 5) is 33.9. The molecule has 0 aromatic carbocycles. The Morgan fingerprint density at radius 1 is 1.15 bits per heavy atom. The first kappa shape index (κ1) is 14.6. The molecule has 20 heavy (non-hydrogen) atoms. The van der Waals surface area contributed by atoms with Crippen LogP contribution in [0.15, 0.2) is 0 Å². The number of rotatable bonds is 6. The van der Waals surface area contributed by atoms with Crippen LogP contribution in [0.25, 0.3) is 0 Å². The summed E-state index contributed by atoms with van der Waals surface area (Å²) >= 11 is 0. The van der Waals surface area contributed by atoms with Crippen LogP contribution in [-0.2, 0) is 14.3 Å². The topological polar surface area (TPSA) is 117 Å². The molecule has 0 spiro atoms. The third-order valence-electron chi connectivity index (χ3n) is 3.29. The fourth-order valence-electron chi connectivity index (χ4n) is 1.98. The molecule has 2 unspecified atom stereocenters. The predicted molar refractivity (Wildman–Crippen MR) is 68.0 cm³/mol. The van der Waals surface area contributed by atoms with E-state index in [9.17, 15) is 14.4 Å². The lowest BCUT2D eigenvalue weighted by atomic mass is 10.0. The van der Waals surface area contributed by atoms with Gasteiger partial charge >= 0.3 is 12.0 Å². The van der Waals surface area contributed by atoms with Crippen molar-refractivity contribution in [2.75, 3.05) is 19.8 Å². The van der Waals surface area contributed by atoms with Gasteiger partial charge in [-0.2, -0.15) is 0 Å². The van der Waals surface area contributed by atoms with Crippen molar-refractivity contribution >= 4 is 17.9 Å². The molecule has 8 nitrogen and oxygen atoms in total. The van der Waals surface area contributed by atoms with Gasteiger partial charge in [-0.25, -0.2) is 4.79 Å². The number of hydrogen-bond donors (Lipinski definition) is 4. The molecule has 2 rings (SSSR count). The van der Waals surface area contributed by atoms with Crippen molar-refractivity contribution in [1.82, 2.24) is 16.0 Å². The first-order valence-corrected chi connectivity index (χ1v) is 6.70. The minimum absolute atomic E-state index is 0.0830. The van der Waals surface area contributed by atoms with E-state index in [4.69, 9.17) is 9.84 Å². The first-order chi connectivity index (χ1) is 9.56. The molecule has 1 saturated heterocycles. The van der Waals surface area contributed by atoms with Gasteiger partial charge < -0.3 is 25.8 Å². The summed E-state index contributed by atoms with van der Waals surface area (Å²) in [5.74, 6) is -1.80. The van der Waals surface area contributed by atoms with E-state index < -0.39 is 24.0 Å². The molecular weight excluding hydrogens is 266 g/mol. The fraction of sp³-hybridized carbons (Fsp3) is 0.750. The number of carbonyl (C=O) groups excluding carboxylic acids is 2. The Morgan fingerprint density at radius 2 is 1.90 bits per heavy atom. The van der Waals surface area contributed by atoms with Crippen molar-refractivity contribution in [2.45, 2.75) is 31.3 Å². The molecule has 1 heterocycles. The van der Waals surface area contributed by atoms with Crippen LogP contribution in [0.1, 0.15) is 19.3 Å². The normalized spacial score (nSPS) is 25.0. The summed E-state index contributed by atoms with van der Waals surface area (Å²) in [6.07, 6.45) is 2.27. The Bertz CT molecular complexity index is 397. The zero-order valence-corrected chi connectivity index (χ0v) is 11.1. The summed E-state index contributed by atoms with van der Waals surface area (Å²) in [5, 5.41) is 16.8. The highest BCUT2D eigenvalue weighted by Crippen LogP contribution is 2.18. The van der Waals surface area contributed by atoms with Gasteiger partial charge in [-0.1, -0.05) is 0 Å². The summed E-state index contributed by atoms with van der Waals surface area (Å²) in [7, 11) is 0. The monoisotopic (exact) mass is 285 g/mol. The molecule has 0 bridgehead atoms. The van der Waals surface area contributed by atoms with Gasteiger partial charge in [0.2, 0.25) is 5.91 Å². The fourth-order valence-corrected chi connectivity index (χ4v) is 1.98. The Labute approximate surface area is 116 Å². The van der Waals surface area contributed by atoms with Gasteiger partial charge in [-0.3, -0.25) is 9.59 Å². The van der Waals surface area contributed by atoms with E-state index in [0.29, 0.717) is 6.04 Å². The second kappa shape index (κ2) is 6.56. The lowest BCUT2D eigenvalue weighted by Gasteiger charge is -2.16. The quantitative estimate of drug-likeness (QED) is 0.502. The Kier molecular flexibility index (Phi) is 4.78. The van der Waals surface area contributed by atoms with Crippen LogP contribution >= 0.6 is 0 Å². The third kappa shape index (κ3) is 4.37. The standard InChI is InChI=1S/C12H19N3O5/c16-10(14-7-1-2-7)3-4-13-12(19)15-9-6-20-5-8(9)11(17)18/h7-9H,1-6H2,(H,14,16)(H,17,18)(H2,13,15,19). The smallest absolute Gasteiger partial charge is 0.315 e. The van der Waals surface area contributed by atoms with Gasteiger partial charge in [0.1, 0.15) is 5.92 Å². The number of aliphatic carboxylic acids is 1. The van der Waals surface area contributed by atoms with Crippen molar-refractivity contribution in [3.05, 3.63) is 0 Å². The molecule has 8 heteroatoms. The molecule has 3 amide bonds. The molecular formula is C12H19N3O5. The van der Waals surface area contributed by atoms with Crippen molar-refractivity contribution in [3.8, 4) is 0 Å². The minimum atomic E-state index is -0.989. The number of nitrogens with one attached hydrogen (secondary N) is 3. The number of carbonyl (C=O) groups is 3. The van der Waals surface area contributed by atoms with Gasteiger partial charge in [-0.05, 0) is 12.8 Å². The molecule has 0 radical (unpaired) electrons. The van der Waals surface area contributed by atoms with Gasteiger partial charge in [-0.15, -0.1) is 0 Å². The molecule has 1 aliphatic carbocycles. The molecule has 2 atom stereocenters. The number of carboxylic acids is 1. The highest BCUT2D eigenvalue weighted by molar-refractivity contribution is 5.79.